The molecule has 0 N–H and O–H groups in total. The molecule has 0 unspecified atom stereocenters. The van der Waals surface area contributed by atoms with Crippen molar-refractivity contribution >= 4 is 10.0 Å². The number of nitrogens with zero attached hydrogens (tertiary/aromatic N) is 4. The normalized spacial score (nSPS) is 16.9. The SMILES string of the molecule is CCOc1ccc(S(=O)(=O)N2CCN(Cc3noc(C)n3)CC2)cc1. The molecule has 1 aliphatic rings. The molecule has 1 aromatic carbocycles. The van der Waals surface area contributed by atoms with E-state index in [0.29, 0.717) is 56.8 Å². The third-order valence-electron chi connectivity index (χ3n) is 4.04. The Balaban J connectivity index is 1.60. The van der Waals surface area contributed by atoms with Crippen molar-refractivity contribution < 1.29 is 17.7 Å². The van der Waals surface area contributed by atoms with Crippen molar-refractivity contribution in [3.8, 4) is 5.75 Å². The summed E-state index contributed by atoms with van der Waals surface area (Å²) < 4.78 is 37.3. The molecule has 25 heavy (non-hydrogen) atoms. The van der Waals surface area contributed by atoms with Gasteiger partial charge >= 0.3 is 0 Å². The fraction of sp³-hybridized carbons (Fsp3) is 0.500. The van der Waals surface area contributed by atoms with Crippen molar-refractivity contribution in [3.63, 3.8) is 0 Å². The Hall–Kier alpha value is -1.97. The fourth-order valence-electron chi connectivity index (χ4n) is 2.76. The Morgan fingerprint density at radius 1 is 1.16 bits per heavy atom. The Morgan fingerprint density at radius 3 is 2.40 bits per heavy atom. The maximum absolute atomic E-state index is 12.8. The van der Waals surface area contributed by atoms with Gasteiger partial charge in [-0.1, -0.05) is 5.16 Å². The molecule has 0 bridgehead atoms. The summed E-state index contributed by atoms with van der Waals surface area (Å²) in [4.78, 5) is 6.59. The monoisotopic (exact) mass is 366 g/mol. The van der Waals surface area contributed by atoms with Gasteiger partial charge in [-0.25, -0.2) is 8.42 Å². The van der Waals surface area contributed by atoms with Gasteiger partial charge in [-0.2, -0.15) is 9.29 Å². The molecular weight excluding hydrogens is 344 g/mol. The maximum Gasteiger partial charge on any atom is 0.243 e. The molecule has 1 saturated heterocycles. The van der Waals surface area contributed by atoms with E-state index in [1.807, 2.05) is 6.92 Å². The number of piperazine rings is 1. The van der Waals surface area contributed by atoms with Gasteiger partial charge < -0.3 is 9.26 Å². The summed E-state index contributed by atoms with van der Waals surface area (Å²) in [5, 5.41) is 3.88. The van der Waals surface area contributed by atoms with E-state index in [0.717, 1.165) is 0 Å². The molecule has 0 atom stereocenters. The van der Waals surface area contributed by atoms with Gasteiger partial charge in [0.1, 0.15) is 5.75 Å². The van der Waals surface area contributed by atoms with Gasteiger partial charge in [0.2, 0.25) is 15.9 Å². The lowest BCUT2D eigenvalue weighted by Gasteiger charge is -2.33. The highest BCUT2D eigenvalue weighted by molar-refractivity contribution is 7.89. The average Bonchev–Trinajstić information content (AvgIpc) is 3.01. The van der Waals surface area contributed by atoms with Gasteiger partial charge in [-0.05, 0) is 31.2 Å². The van der Waals surface area contributed by atoms with Crippen LogP contribution in [0.25, 0.3) is 0 Å². The van der Waals surface area contributed by atoms with Crippen LogP contribution in [0.1, 0.15) is 18.6 Å². The molecule has 0 amide bonds. The minimum atomic E-state index is -3.48. The van der Waals surface area contributed by atoms with Gasteiger partial charge in [0.15, 0.2) is 5.82 Å². The molecular formula is C16H22N4O4S. The summed E-state index contributed by atoms with van der Waals surface area (Å²) in [6.45, 7) is 6.88. The number of sulfonamides is 1. The molecule has 1 aromatic heterocycles. The first-order valence-corrected chi connectivity index (χ1v) is 9.67. The van der Waals surface area contributed by atoms with Crippen molar-refractivity contribution in [2.24, 2.45) is 0 Å². The Morgan fingerprint density at radius 2 is 1.84 bits per heavy atom. The second-order valence-electron chi connectivity index (χ2n) is 5.81. The van der Waals surface area contributed by atoms with E-state index >= 15 is 0 Å². The highest BCUT2D eigenvalue weighted by Crippen LogP contribution is 2.21. The highest BCUT2D eigenvalue weighted by atomic mass is 32.2. The summed E-state index contributed by atoms with van der Waals surface area (Å²) in [5.74, 6) is 1.83. The van der Waals surface area contributed by atoms with E-state index in [4.69, 9.17) is 9.26 Å². The molecule has 3 rings (SSSR count). The predicted molar refractivity (Wildman–Crippen MR) is 90.7 cm³/mol. The molecule has 2 aromatic rings. The standard InChI is InChI=1S/C16H22N4O4S/c1-3-23-14-4-6-15(7-5-14)25(21,22)20-10-8-19(9-11-20)12-16-17-13(2)24-18-16/h4-7H,3,8-12H2,1-2H3. The third-order valence-corrected chi connectivity index (χ3v) is 5.95. The average molecular weight is 366 g/mol. The minimum Gasteiger partial charge on any atom is -0.494 e. The van der Waals surface area contributed by atoms with E-state index < -0.39 is 10.0 Å². The second kappa shape index (κ2) is 7.51. The van der Waals surface area contributed by atoms with Gasteiger partial charge in [0, 0.05) is 33.1 Å². The number of benzene rings is 1. The number of aryl methyl sites for hydroxylation is 1. The number of aromatic nitrogens is 2. The highest BCUT2D eigenvalue weighted by Gasteiger charge is 2.28. The first-order valence-electron chi connectivity index (χ1n) is 8.23. The Labute approximate surface area is 147 Å². The summed E-state index contributed by atoms with van der Waals surface area (Å²) in [7, 11) is -3.48. The number of ether oxygens (including phenoxy) is 1. The van der Waals surface area contributed by atoms with Crippen molar-refractivity contribution in [2.45, 2.75) is 25.3 Å². The van der Waals surface area contributed by atoms with Crippen LogP contribution in [0.15, 0.2) is 33.7 Å². The summed E-state index contributed by atoms with van der Waals surface area (Å²) in [6, 6.07) is 6.56. The number of rotatable bonds is 6. The van der Waals surface area contributed by atoms with Crippen LogP contribution < -0.4 is 4.74 Å². The fourth-order valence-corrected chi connectivity index (χ4v) is 4.18. The Kier molecular flexibility index (Phi) is 5.36. The zero-order valence-corrected chi connectivity index (χ0v) is 15.2. The van der Waals surface area contributed by atoms with Crippen LogP contribution >= 0.6 is 0 Å². The van der Waals surface area contributed by atoms with Crippen molar-refractivity contribution in [2.75, 3.05) is 32.8 Å². The van der Waals surface area contributed by atoms with E-state index in [2.05, 4.69) is 15.0 Å². The summed E-state index contributed by atoms with van der Waals surface area (Å²) in [5.41, 5.74) is 0. The van der Waals surface area contributed by atoms with Crippen LogP contribution in [0.2, 0.25) is 0 Å². The topological polar surface area (TPSA) is 88.8 Å². The molecule has 136 valence electrons. The van der Waals surface area contributed by atoms with E-state index in [1.54, 1.807) is 31.2 Å². The molecule has 0 saturated carbocycles. The van der Waals surface area contributed by atoms with Crippen LogP contribution in [0.3, 0.4) is 0 Å². The molecule has 9 heteroatoms. The first kappa shape index (κ1) is 17.8. The molecule has 0 aliphatic carbocycles. The second-order valence-corrected chi connectivity index (χ2v) is 7.75. The Bertz CT molecular complexity index is 796. The molecule has 8 nitrogen and oxygen atoms in total. The zero-order valence-electron chi connectivity index (χ0n) is 14.4. The first-order chi connectivity index (χ1) is 12.0. The van der Waals surface area contributed by atoms with Gasteiger partial charge in [0.05, 0.1) is 18.0 Å². The number of hydrogen-bond donors (Lipinski definition) is 0. The van der Waals surface area contributed by atoms with Crippen LogP contribution in [0.4, 0.5) is 0 Å². The summed E-state index contributed by atoms with van der Waals surface area (Å²) >= 11 is 0. The minimum absolute atomic E-state index is 0.290. The predicted octanol–water partition coefficient (Wildman–Crippen LogP) is 1.28. The lowest BCUT2D eigenvalue weighted by molar-refractivity contribution is 0.176. The van der Waals surface area contributed by atoms with Gasteiger partial charge in [-0.15, -0.1) is 0 Å². The quantitative estimate of drug-likeness (QED) is 0.761. The largest absolute Gasteiger partial charge is 0.494 e. The zero-order chi connectivity index (χ0) is 17.9. The van der Waals surface area contributed by atoms with Crippen molar-refractivity contribution in [3.05, 3.63) is 36.0 Å². The van der Waals surface area contributed by atoms with E-state index in [1.165, 1.54) is 4.31 Å². The lowest BCUT2D eigenvalue weighted by atomic mass is 10.3. The van der Waals surface area contributed by atoms with Crippen molar-refractivity contribution in [1.29, 1.82) is 0 Å². The summed E-state index contributed by atoms with van der Waals surface area (Å²) in [6.07, 6.45) is 0. The van der Waals surface area contributed by atoms with Crippen LogP contribution in [-0.2, 0) is 16.6 Å². The van der Waals surface area contributed by atoms with Crippen LogP contribution in [-0.4, -0.2) is 60.5 Å². The molecule has 0 spiro atoms. The molecule has 0 radical (unpaired) electrons. The van der Waals surface area contributed by atoms with Gasteiger partial charge in [-0.3, -0.25) is 4.90 Å². The van der Waals surface area contributed by atoms with Gasteiger partial charge in [0.25, 0.3) is 0 Å². The molecule has 1 aliphatic heterocycles. The van der Waals surface area contributed by atoms with Crippen LogP contribution in [0, 0.1) is 6.92 Å². The van der Waals surface area contributed by atoms with E-state index in [-0.39, 0.29) is 4.90 Å². The maximum atomic E-state index is 12.8. The van der Waals surface area contributed by atoms with E-state index in [9.17, 15) is 8.42 Å². The third kappa shape index (κ3) is 4.17. The smallest absolute Gasteiger partial charge is 0.243 e. The molecule has 2 heterocycles. The molecule has 1 fully saturated rings. The van der Waals surface area contributed by atoms with Crippen LogP contribution in [0.5, 0.6) is 5.75 Å². The number of hydrogen-bond acceptors (Lipinski definition) is 7. The van der Waals surface area contributed by atoms with Crippen molar-refractivity contribution in [1.82, 2.24) is 19.3 Å². The lowest BCUT2D eigenvalue weighted by Crippen LogP contribution is -2.48.